The lowest BCUT2D eigenvalue weighted by molar-refractivity contribution is 0.351. The molecular weight excluding hydrogens is 373 g/mol. The number of nitrogens with one attached hydrogen (secondary N) is 1. The van der Waals surface area contributed by atoms with Gasteiger partial charge >= 0.3 is 0 Å². The molecule has 0 aliphatic carbocycles. The van der Waals surface area contributed by atoms with E-state index < -0.39 is 0 Å². The summed E-state index contributed by atoms with van der Waals surface area (Å²) in [6.45, 7) is 2.92. The number of benzene rings is 2. The fourth-order valence-electron chi connectivity index (χ4n) is 3.21. The molecule has 0 saturated heterocycles. The summed E-state index contributed by atoms with van der Waals surface area (Å²) < 4.78 is 13.0. The SMILES string of the molecule is Cc1ccc(-c2csc(C3=C(O)CN(CCc4ccc(F)cc4)C3=N)n2)cc1. The number of aryl methyl sites for hydroxylation is 1. The molecule has 0 saturated carbocycles. The maximum absolute atomic E-state index is 13.0. The predicted molar refractivity (Wildman–Crippen MR) is 111 cm³/mol. The number of aliphatic hydroxyl groups excluding tert-OH is 1. The monoisotopic (exact) mass is 393 g/mol. The molecule has 3 aromatic rings. The molecular formula is C22H20FN3OS. The first kappa shape index (κ1) is 18.4. The van der Waals surface area contributed by atoms with Crippen molar-refractivity contribution in [2.75, 3.05) is 13.1 Å². The van der Waals surface area contributed by atoms with Crippen LogP contribution in [0, 0.1) is 18.2 Å². The largest absolute Gasteiger partial charge is 0.510 e. The van der Waals surface area contributed by atoms with E-state index in [0.717, 1.165) is 16.8 Å². The van der Waals surface area contributed by atoms with E-state index in [0.29, 0.717) is 30.1 Å². The molecule has 4 rings (SSSR count). The van der Waals surface area contributed by atoms with Gasteiger partial charge in [-0.2, -0.15) is 0 Å². The minimum Gasteiger partial charge on any atom is -0.510 e. The number of aromatic nitrogens is 1. The summed E-state index contributed by atoms with van der Waals surface area (Å²) in [7, 11) is 0. The number of hydrogen-bond donors (Lipinski definition) is 2. The quantitative estimate of drug-likeness (QED) is 0.637. The zero-order chi connectivity index (χ0) is 19.7. The van der Waals surface area contributed by atoms with Crippen molar-refractivity contribution in [1.29, 1.82) is 5.41 Å². The molecule has 0 unspecified atom stereocenters. The van der Waals surface area contributed by atoms with Crippen LogP contribution in [0.4, 0.5) is 4.39 Å². The third-order valence-corrected chi connectivity index (χ3v) is 5.69. The molecule has 0 spiro atoms. The van der Waals surface area contributed by atoms with E-state index >= 15 is 0 Å². The van der Waals surface area contributed by atoms with E-state index in [1.165, 1.54) is 29.0 Å². The van der Waals surface area contributed by atoms with E-state index in [-0.39, 0.29) is 17.4 Å². The van der Waals surface area contributed by atoms with E-state index in [4.69, 9.17) is 5.41 Å². The first-order valence-corrected chi connectivity index (χ1v) is 9.92. The maximum Gasteiger partial charge on any atom is 0.135 e. The van der Waals surface area contributed by atoms with Crippen LogP contribution in [0.25, 0.3) is 16.8 Å². The molecule has 1 aliphatic rings. The van der Waals surface area contributed by atoms with Gasteiger partial charge in [-0.25, -0.2) is 9.37 Å². The number of hydrogen-bond acceptors (Lipinski definition) is 4. The average molecular weight is 393 g/mol. The Hall–Kier alpha value is -2.99. The van der Waals surface area contributed by atoms with Crippen LogP contribution in [-0.2, 0) is 6.42 Å². The molecule has 0 bridgehead atoms. The molecule has 0 fully saturated rings. The summed E-state index contributed by atoms with van der Waals surface area (Å²) in [6.07, 6.45) is 0.676. The summed E-state index contributed by atoms with van der Waals surface area (Å²) in [6, 6.07) is 14.5. The summed E-state index contributed by atoms with van der Waals surface area (Å²) in [5.74, 6) is 0.200. The van der Waals surface area contributed by atoms with Gasteiger partial charge in [0.15, 0.2) is 0 Å². The zero-order valence-electron chi connectivity index (χ0n) is 15.4. The second-order valence-electron chi connectivity index (χ2n) is 6.87. The fourth-order valence-corrected chi connectivity index (χ4v) is 4.11. The number of rotatable bonds is 5. The van der Waals surface area contributed by atoms with Gasteiger partial charge in [0.05, 0.1) is 17.8 Å². The van der Waals surface area contributed by atoms with Gasteiger partial charge < -0.3 is 10.0 Å². The van der Waals surface area contributed by atoms with E-state index in [1.807, 2.05) is 41.5 Å². The Morgan fingerprint density at radius 2 is 1.86 bits per heavy atom. The lowest BCUT2D eigenvalue weighted by atomic mass is 10.1. The molecule has 1 aromatic heterocycles. The van der Waals surface area contributed by atoms with Gasteiger partial charge in [0.1, 0.15) is 22.4 Å². The molecule has 2 heterocycles. The zero-order valence-corrected chi connectivity index (χ0v) is 16.3. The van der Waals surface area contributed by atoms with Crippen LogP contribution >= 0.6 is 11.3 Å². The molecule has 0 radical (unpaired) electrons. The molecule has 6 heteroatoms. The summed E-state index contributed by atoms with van der Waals surface area (Å²) in [5, 5.41) is 21.5. The highest BCUT2D eigenvalue weighted by atomic mass is 32.1. The van der Waals surface area contributed by atoms with Gasteiger partial charge in [-0.3, -0.25) is 5.41 Å². The van der Waals surface area contributed by atoms with Crippen LogP contribution in [0.1, 0.15) is 16.1 Å². The van der Waals surface area contributed by atoms with Crippen molar-refractivity contribution >= 4 is 22.7 Å². The second kappa shape index (κ2) is 7.56. The van der Waals surface area contributed by atoms with Crippen molar-refractivity contribution in [1.82, 2.24) is 9.88 Å². The van der Waals surface area contributed by atoms with Crippen molar-refractivity contribution in [3.63, 3.8) is 0 Å². The lowest BCUT2D eigenvalue weighted by Gasteiger charge is -2.18. The normalized spacial score (nSPS) is 14.2. The van der Waals surface area contributed by atoms with Crippen LogP contribution < -0.4 is 0 Å². The minimum absolute atomic E-state index is 0.175. The van der Waals surface area contributed by atoms with Crippen molar-refractivity contribution in [3.05, 3.63) is 81.6 Å². The Balaban J connectivity index is 1.48. The van der Waals surface area contributed by atoms with Crippen LogP contribution in [0.5, 0.6) is 0 Å². The van der Waals surface area contributed by atoms with Gasteiger partial charge in [0, 0.05) is 17.5 Å². The number of thiazole rings is 1. The highest BCUT2D eigenvalue weighted by molar-refractivity contribution is 7.11. The van der Waals surface area contributed by atoms with Crippen molar-refractivity contribution in [3.8, 4) is 11.3 Å². The first-order valence-electron chi connectivity index (χ1n) is 9.04. The summed E-state index contributed by atoms with van der Waals surface area (Å²) >= 11 is 1.43. The molecule has 2 N–H and O–H groups in total. The topological polar surface area (TPSA) is 60.2 Å². The fraction of sp³-hybridized carbons (Fsp3) is 0.182. The lowest BCUT2D eigenvalue weighted by Crippen LogP contribution is -2.28. The average Bonchev–Trinajstić information content (AvgIpc) is 3.26. The molecule has 2 aromatic carbocycles. The summed E-state index contributed by atoms with van der Waals surface area (Å²) in [4.78, 5) is 6.47. The van der Waals surface area contributed by atoms with Crippen molar-refractivity contribution < 1.29 is 9.50 Å². The third kappa shape index (κ3) is 3.68. The molecule has 1 aliphatic heterocycles. The highest BCUT2D eigenvalue weighted by Gasteiger charge is 2.30. The van der Waals surface area contributed by atoms with Crippen LogP contribution in [0.3, 0.4) is 0 Å². The number of halogens is 1. The Morgan fingerprint density at radius 3 is 2.57 bits per heavy atom. The van der Waals surface area contributed by atoms with Gasteiger partial charge in [-0.05, 0) is 31.0 Å². The second-order valence-corrected chi connectivity index (χ2v) is 7.73. The van der Waals surface area contributed by atoms with Crippen LogP contribution in [0.2, 0.25) is 0 Å². The van der Waals surface area contributed by atoms with Gasteiger partial charge in [0.25, 0.3) is 0 Å². The minimum atomic E-state index is -0.257. The Labute approximate surface area is 167 Å². The van der Waals surface area contributed by atoms with Gasteiger partial charge in [-0.15, -0.1) is 11.3 Å². The Bertz CT molecular complexity index is 1040. The number of nitrogens with zero attached hydrogens (tertiary/aromatic N) is 2. The first-order chi connectivity index (χ1) is 13.5. The van der Waals surface area contributed by atoms with E-state index in [1.54, 1.807) is 12.1 Å². The summed E-state index contributed by atoms with van der Waals surface area (Å²) in [5.41, 5.74) is 4.55. The molecule has 28 heavy (non-hydrogen) atoms. The van der Waals surface area contributed by atoms with Crippen LogP contribution in [0.15, 0.2) is 59.7 Å². The van der Waals surface area contributed by atoms with Crippen molar-refractivity contribution in [2.45, 2.75) is 13.3 Å². The smallest absolute Gasteiger partial charge is 0.135 e. The molecule has 142 valence electrons. The predicted octanol–water partition coefficient (Wildman–Crippen LogP) is 5.06. The van der Waals surface area contributed by atoms with Crippen molar-refractivity contribution in [2.24, 2.45) is 0 Å². The van der Waals surface area contributed by atoms with Gasteiger partial charge in [-0.1, -0.05) is 42.0 Å². The Kier molecular flexibility index (Phi) is 4.96. The number of aliphatic hydroxyl groups is 1. The van der Waals surface area contributed by atoms with Gasteiger partial charge in [0.2, 0.25) is 0 Å². The number of amidine groups is 1. The maximum atomic E-state index is 13.0. The van der Waals surface area contributed by atoms with Crippen LogP contribution in [-0.4, -0.2) is 33.9 Å². The molecule has 4 nitrogen and oxygen atoms in total. The van der Waals surface area contributed by atoms with E-state index in [9.17, 15) is 9.50 Å². The third-order valence-electron chi connectivity index (χ3n) is 4.83. The Morgan fingerprint density at radius 1 is 1.14 bits per heavy atom. The standard InChI is InChI=1S/C22H20FN3OS/c1-14-2-6-16(7-3-14)18-13-28-22(25-18)20-19(27)12-26(21(20)24)11-10-15-4-8-17(23)9-5-15/h2-9,13,24,27H,10-12H2,1H3. The molecule has 0 atom stereocenters. The highest BCUT2D eigenvalue weighted by Crippen LogP contribution is 2.32. The molecule has 0 amide bonds. The van der Waals surface area contributed by atoms with E-state index in [2.05, 4.69) is 4.98 Å².